The highest BCUT2D eigenvalue weighted by Gasteiger charge is 2.21. The molecule has 0 unspecified atom stereocenters. The number of hydrogen-bond donors (Lipinski definition) is 0. The average Bonchev–Trinajstić information content (AvgIpc) is 3.26. The number of ether oxygens (including phenoxy) is 1. The Balaban J connectivity index is 1.47. The molecule has 0 aliphatic heterocycles. The predicted molar refractivity (Wildman–Crippen MR) is 101 cm³/mol. The van der Waals surface area contributed by atoms with E-state index in [4.69, 9.17) is 9.15 Å². The van der Waals surface area contributed by atoms with Crippen molar-refractivity contribution in [2.24, 2.45) is 5.92 Å². The van der Waals surface area contributed by atoms with Crippen molar-refractivity contribution < 1.29 is 9.15 Å². The molecule has 0 saturated heterocycles. The molecule has 2 heterocycles. The van der Waals surface area contributed by atoms with E-state index in [2.05, 4.69) is 29.3 Å². The van der Waals surface area contributed by atoms with E-state index in [1.54, 1.807) is 18.4 Å². The number of para-hydroxylation sites is 1. The van der Waals surface area contributed by atoms with Crippen LogP contribution in [0.5, 0.6) is 5.75 Å². The fraction of sp³-hybridized carbons (Fsp3) is 0.368. The molecular formula is C19H20N2O2S2. The van der Waals surface area contributed by atoms with Gasteiger partial charge >= 0.3 is 0 Å². The minimum atomic E-state index is 0.598. The second-order valence-corrected chi connectivity index (χ2v) is 8.44. The summed E-state index contributed by atoms with van der Waals surface area (Å²) < 4.78 is 11.3. The second kappa shape index (κ2) is 7.22. The number of hydrogen-bond acceptors (Lipinski definition) is 6. The molecule has 1 aromatic carbocycles. The smallest absolute Gasteiger partial charge is 0.277 e. The molecule has 1 aliphatic carbocycles. The van der Waals surface area contributed by atoms with Crippen LogP contribution in [-0.4, -0.2) is 17.3 Å². The zero-order valence-corrected chi connectivity index (χ0v) is 16.0. The third-order valence-corrected chi connectivity index (χ3v) is 6.58. The molecule has 4 rings (SSSR count). The minimum Gasteiger partial charge on any atom is -0.496 e. The van der Waals surface area contributed by atoms with Crippen LogP contribution in [0.2, 0.25) is 0 Å². The molecule has 0 N–H and O–H groups in total. The first-order valence-electron chi connectivity index (χ1n) is 8.43. The van der Waals surface area contributed by atoms with E-state index in [1.807, 2.05) is 18.2 Å². The van der Waals surface area contributed by atoms with Crippen molar-refractivity contribution in [2.75, 3.05) is 7.11 Å². The largest absolute Gasteiger partial charge is 0.496 e. The van der Waals surface area contributed by atoms with E-state index >= 15 is 0 Å². The molecule has 25 heavy (non-hydrogen) atoms. The molecular weight excluding hydrogens is 352 g/mol. The van der Waals surface area contributed by atoms with Gasteiger partial charge in [0.1, 0.15) is 5.75 Å². The van der Waals surface area contributed by atoms with E-state index in [0.717, 1.165) is 34.3 Å². The van der Waals surface area contributed by atoms with Crippen molar-refractivity contribution >= 4 is 23.1 Å². The Bertz CT molecular complexity index is 872. The topological polar surface area (TPSA) is 48.2 Å². The van der Waals surface area contributed by atoms with Gasteiger partial charge in [-0.2, -0.15) is 0 Å². The van der Waals surface area contributed by atoms with Gasteiger partial charge < -0.3 is 9.15 Å². The van der Waals surface area contributed by atoms with Crippen molar-refractivity contribution in [2.45, 2.75) is 37.2 Å². The van der Waals surface area contributed by atoms with Gasteiger partial charge in [-0.15, -0.1) is 21.5 Å². The van der Waals surface area contributed by atoms with E-state index in [0.29, 0.717) is 11.1 Å². The standard InChI is InChI=1S/C19H20N2O2S2/c1-12-7-8-16-14(9-12)10-17(25-16)18-20-21-19(23-18)24-11-13-5-3-4-6-15(13)22-2/h3-6,10,12H,7-9,11H2,1-2H3/t12-/m0/s1. The summed E-state index contributed by atoms with van der Waals surface area (Å²) in [4.78, 5) is 2.57. The number of rotatable bonds is 5. The predicted octanol–water partition coefficient (Wildman–Crippen LogP) is 5.22. The number of aromatic nitrogens is 2. The molecule has 2 aromatic heterocycles. The van der Waals surface area contributed by atoms with E-state index in [-0.39, 0.29) is 0 Å². The Kier molecular flexibility index (Phi) is 4.81. The lowest BCUT2D eigenvalue weighted by molar-refractivity contribution is 0.411. The molecule has 6 heteroatoms. The summed E-state index contributed by atoms with van der Waals surface area (Å²) >= 11 is 3.34. The molecule has 0 amide bonds. The van der Waals surface area contributed by atoms with Gasteiger partial charge in [0.25, 0.3) is 11.1 Å². The monoisotopic (exact) mass is 372 g/mol. The Labute approximate surface area is 155 Å². The van der Waals surface area contributed by atoms with E-state index in [9.17, 15) is 0 Å². The van der Waals surface area contributed by atoms with Crippen molar-refractivity contribution in [1.29, 1.82) is 0 Å². The number of nitrogens with zero attached hydrogens (tertiary/aromatic N) is 2. The Morgan fingerprint density at radius 2 is 2.20 bits per heavy atom. The third-order valence-electron chi connectivity index (χ3n) is 4.49. The lowest BCUT2D eigenvalue weighted by Crippen LogP contribution is -2.07. The van der Waals surface area contributed by atoms with Gasteiger partial charge in [-0.25, -0.2) is 0 Å². The van der Waals surface area contributed by atoms with Crippen LogP contribution in [0.4, 0.5) is 0 Å². The van der Waals surface area contributed by atoms with Gasteiger partial charge in [-0.1, -0.05) is 36.9 Å². The Morgan fingerprint density at radius 1 is 1.32 bits per heavy atom. The highest BCUT2D eigenvalue weighted by Crippen LogP contribution is 2.37. The van der Waals surface area contributed by atoms with Gasteiger partial charge in [-0.05, 0) is 42.9 Å². The van der Waals surface area contributed by atoms with Crippen LogP contribution in [0.1, 0.15) is 29.3 Å². The number of thioether (sulfide) groups is 1. The molecule has 0 spiro atoms. The molecule has 0 fully saturated rings. The summed E-state index contributed by atoms with van der Waals surface area (Å²) in [5.74, 6) is 3.03. The van der Waals surface area contributed by atoms with E-state index < -0.39 is 0 Å². The number of fused-ring (bicyclic) bond motifs is 1. The molecule has 4 nitrogen and oxygen atoms in total. The summed E-state index contributed by atoms with van der Waals surface area (Å²) in [5, 5.41) is 9.04. The molecule has 1 aliphatic rings. The second-order valence-electron chi connectivity index (χ2n) is 6.38. The summed E-state index contributed by atoms with van der Waals surface area (Å²) in [6.45, 7) is 2.32. The number of aryl methyl sites for hydroxylation is 1. The number of benzene rings is 1. The van der Waals surface area contributed by atoms with E-state index in [1.165, 1.54) is 35.0 Å². The van der Waals surface area contributed by atoms with Gasteiger partial charge in [0.15, 0.2) is 0 Å². The van der Waals surface area contributed by atoms with Gasteiger partial charge in [-0.3, -0.25) is 0 Å². The molecule has 3 aromatic rings. The number of methoxy groups -OCH3 is 1. The van der Waals surface area contributed by atoms with Crippen LogP contribution in [0.25, 0.3) is 10.8 Å². The number of thiophene rings is 1. The minimum absolute atomic E-state index is 0.598. The van der Waals surface area contributed by atoms with Crippen LogP contribution < -0.4 is 4.74 Å². The average molecular weight is 373 g/mol. The van der Waals surface area contributed by atoms with Crippen molar-refractivity contribution in [3.63, 3.8) is 0 Å². The molecule has 1 atom stereocenters. The fourth-order valence-electron chi connectivity index (χ4n) is 3.14. The zero-order valence-electron chi connectivity index (χ0n) is 14.3. The van der Waals surface area contributed by atoms with Crippen LogP contribution >= 0.6 is 23.1 Å². The molecule has 0 saturated carbocycles. The SMILES string of the molecule is COc1ccccc1CSc1nnc(-c2cc3c(s2)CC[C@H](C)C3)o1. The summed E-state index contributed by atoms with van der Waals surface area (Å²) in [7, 11) is 1.69. The lowest BCUT2D eigenvalue weighted by Gasteiger charge is -2.16. The first-order chi connectivity index (χ1) is 12.2. The lowest BCUT2D eigenvalue weighted by atomic mass is 9.90. The summed E-state index contributed by atoms with van der Waals surface area (Å²) in [6, 6.07) is 10.2. The van der Waals surface area contributed by atoms with Gasteiger partial charge in [0.05, 0.1) is 12.0 Å². The summed E-state index contributed by atoms with van der Waals surface area (Å²) in [6.07, 6.45) is 3.61. The maximum absolute atomic E-state index is 5.88. The highest BCUT2D eigenvalue weighted by molar-refractivity contribution is 7.98. The van der Waals surface area contributed by atoms with Gasteiger partial charge in [0.2, 0.25) is 0 Å². The quantitative estimate of drug-likeness (QED) is 0.574. The maximum atomic E-state index is 5.88. The fourth-order valence-corrected chi connectivity index (χ4v) is 5.02. The maximum Gasteiger partial charge on any atom is 0.277 e. The summed E-state index contributed by atoms with van der Waals surface area (Å²) in [5.41, 5.74) is 2.58. The van der Waals surface area contributed by atoms with Crippen LogP contribution in [0.3, 0.4) is 0 Å². The Morgan fingerprint density at radius 3 is 3.08 bits per heavy atom. The first-order valence-corrected chi connectivity index (χ1v) is 10.2. The van der Waals surface area contributed by atoms with Crippen molar-refractivity contribution in [1.82, 2.24) is 10.2 Å². The first kappa shape index (κ1) is 16.7. The van der Waals surface area contributed by atoms with Crippen molar-refractivity contribution in [3.05, 3.63) is 46.3 Å². The van der Waals surface area contributed by atoms with Crippen molar-refractivity contribution in [3.8, 4) is 16.5 Å². The normalized spacial score (nSPS) is 16.6. The van der Waals surface area contributed by atoms with Gasteiger partial charge in [0, 0.05) is 16.2 Å². The molecule has 130 valence electrons. The zero-order chi connectivity index (χ0) is 17.2. The molecule has 0 bridgehead atoms. The van der Waals surface area contributed by atoms with Crippen LogP contribution in [0.15, 0.2) is 40.0 Å². The molecule has 0 radical (unpaired) electrons. The third kappa shape index (κ3) is 3.60. The van der Waals surface area contributed by atoms with Crippen LogP contribution in [-0.2, 0) is 18.6 Å². The Hall–Kier alpha value is -1.79. The van der Waals surface area contributed by atoms with Crippen LogP contribution in [0, 0.1) is 5.92 Å². The highest BCUT2D eigenvalue weighted by atomic mass is 32.2.